The van der Waals surface area contributed by atoms with Crippen molar-refractivity contribution in [2.45, 2.75) is 39.0 Å². The summed E-state index contributed by atoms with van der Waals surface area (Å²) >= 11 is 0. The molecule has 1 N–H and O–H groups in total. The molecule has 0 amide bonds. The van der Waals surface area contributed by atoms with Crippen molar-refractivity contribution in [3.05, 3.63) is 0 Å². The van der Waals surface area contributed by atoms with E-state index >= 15 is 0 Å². The van der Waals surface area contributed by atoms with Gasteiger partial charge in [-0.3, -0.25) is 4.79 Å². The zero-order valence-electron chi connectivity index (χ0n) is 11.7. The largest absolute Gasteiger partial charge is 0.481 e. The summed E-state index contributed by atoms with van der Waals surface area (Å²) in [7, 11) is -2.91. The summed E-state index contributed by atoms with van der Waals surface area (Å²) in [6, 6.07) is 0. The van der Waals surface area contributed by atoms with E-state index in [0.29, 0.717) is 25.3 Å². The first-order valence-electron chi connectivity index (χ1n) is 7.07. The number of hydrogen-bond donors (Lipinski definition) is 1. The lowest BCUT2D eigenvalue weighted by molar-refractivity contribution is -0.137. The van der Waals surface area contributed by atoms with Gasteiger partial charge in [0.2, 0.25) is 0 Å². The molecule has 1 saturated heterocycles. The molecular formula is C13H25NO4S. The average Bonchev–Trinajstić information content (AvgIpc) is 2.35. The van der Waals surface area contributed by atoms with Crippen LogP contribution in [0.4, 0.5) is 0 Å². The van der Waals surface area contributed by atoms with Crippen LogP contribution in [0.2, 0.25) is 0 Å². The zero-order chi connectivity index (χ0) is 14.3. The number of likely N-dealkylation sites (tertiary alicyclic amines) is 1. The monoisotopic (exact) mass is 291 g/mol. The van der Waals surface area contributed by atoms with Crippen molar-refractivity contribution in [3.63, 3.8) is 0 Å². The van der Waals surface area contributed by atoms with Crippen LogP contribution in [-0.4, -0.2) is 55.5 Å². The number of aliphatic carboxylic acids is 1. The average molecular weight is 291 g/mol. The van der Waals surface area contributed by atoms with Crippen LogP contribution in [0.5, 0.6) is 0 Å². The molecule has 0 aromatic rings. The van der Waals surface area contributed by atoms with E-state index in [4.69, 9.17) is 5.11 Å². The highest BCUT2D eigenvalue weighted by molar-refractivity contribution is 7.91. The third kappa shape index (κ3) is 6.92. The highest BCUT2D eigenvalue weighted by Crippen LogP contribution is 2.20. The Morgan fingerprint density at radius 3 is 2.74 bits per heavy atom. The Morgan fingerprint density at radius 2 is 2.11 bits per heavy atom. The van der Waals surface area contributed by atoms with Gasteiger partial charge in [-0.15, -0.1) is 0 Å². The van der Waals surface area contributed by atoms with E-state index in [0.717, 1.165) is 25.9 Å². The van der Waals surface area contributed by atoms with Crippen molar-refractivity contribution in [1.82, 2.24) is 4.90 Å². The van der Waals surface area contributed by atoms with Gasteiger partial charge in [0.15, 0.2) is 9.84 Å². The molecule has 0 bridgehead atoms. The Kier molecular flexibility index (Phi) is 6.79. The Bertz CT molecular complexity index is 380. The van der Waals surface area contributed by atoms with Gasteiger partial charge in [-0.2, -0.15) is 0 Å². The molecule has 1 unspecified atom stereocenters. The molecule has 19 heavy (non-hydrogen) atoms. The van der Waals surface area contributed by atoms with E-state index in [1.54, 1.807) is 0 Å². The zero-order valence-corrected chi connectivity index (χ0v) is 12.5. The van der Waals surface area contributed by atoms with Crippen molar-refractivity contribution in [2.75, 3.05) is 31.1 Å². The first-order valence-corrected chi connectivity index (χ1v) is 8.89. The van der Waals surface area contributed by atoms with Crippen molar-refractivity contribution in [1.29, 1.82) is 0 Å². The summed E-state index contributed by atoms with van der Waals surface area (Å²) in [5.74, 6) is 0.150. The van der Waals surface area contributed by atoms with Crippen LogP contribution in [0.3, 0.4) is 0 Å². The first kappa shape index (κ1) is 16.4. The summed E-state index contributed by atoms with van der Waals surface area (Å²) in [6.07, 6.45) is 3.69. The lowest BCUT2D eigenvalue weighted by Gasteiger charge is -2.32. The number of carboxylic acids is 1. The van der Waals surface area contributed by atoms with E-state index in [1.807, 2.05) is 6.92 Å². The van der Waals surface area contributed by atoms with E-state index in [1.165, 1.54) is 0 Å². The molecule has 112 valence electrons. The van der Waals surface area contributed by atoms with Crippen LogP contribution in [-0.2, 0) is 14.6 Å². The summed E-state index contributed by atoms with van der Waals surface area (Å²) in [5, 5.41) is 8.69. The maximum Gasteiger partial charge on any atom is 0.303 e. The predicted octanol–water partition coefficient (Wildman–Crippen LogP) is 1.39. The molecule has 0 aromatic carbocycles. The molecule has 0 aromatic heterocycles. The lowest BCUT2D eigenvalue weighted by atomic mass is 9.93. The van der Waals surface area contributed by atoms with E-state index < -0.39 is 15.8 Å². The lowest BCUT2D eigenvalue weighted by Crippen LogP contribution is -2.38. The third-order valence-corrected chi connectivity index (χ3v) is 5.44. The maximum atomic E-state index is 11.7. The Balaban J connectivity index is 2.32. The van der Waals surface area contributed by atoms with Crippen molar-refractivity contribution in [3.8, 4) is 0 Å². The minimum absolute atomic E-state index is 0.215. The topological polar surface area (TPSA) is 74.7 Å². The SMILES string of the molecule is CCCS(=O)(=O)CCN1CCCC(CCC(=O)O)C1. The summed E-state index contributed by atoms with van der Waals surface area (Å²) < 4.78 is 23.3. The second-order valence-electron chi connectivity index (χ2n) is 5.39. The van der Waals surface area contributed by atoms with E-state index in [9.17, 15) is 13.2 Å². The minimum Gasteiger partial charge on any atom is -0.481 e. The van der Waals surface area contributed by atoms with Crippen LogP contribution in [0.15, 0.2) is 0 Å². The highest BCUT2D eigenvalue weighted by atomic mass is 32.2. The Hall–Kier alpha value is -0.620. The van der Waals surface area contributed by atoms with Gasteiger partial charge in [0, 0.05) is 25.3 Å². The molecule has 0 radical (unpaired) electrons. The molecular weight excluding hydrogens is 266 g/mol. The molecule has 6 heteroatoms. The second kappa shape index (κ2) is 7.85. The van der Waals surface area contributed by atoms with Gasteiger partial charge in [0.1, 0.15) is 0 Å². The first-order chi connectivity index (χ1) is 8.93. The number of nitrogens with zero attached hydrogens (tertiary/aromatic N) is 1. The maximum absolute atomic E-state index is 11.7. The number of carboxylic acid groups (broad SMARTS) is 1. The van der Waals surface area contributed by atoms with Gasteiger partial charge in [-0.1, -0.05) is 6.92 Å². The number of carbonyl (C=O) groups is 1. The van der Waals surface area contributed by atoms with Crippen LogP contribution in [0.25, 0.3) is 0 Å². The van der Waals surface area contributed by atoms with Gasteiger partial charge in [0.25, 0.3) is 0 Å². The number of hydrogen-bond acceptors (Lipinski definition) is 4. The molecule has 1 fully saturated rings. The number of rotatable bonds is 8. The molecule has 1 rings (SSSR count). The van der Waals surface area contributed by atoms with Gasteiger partial charge in [-0.25, -0.2) is 8.42 Å². The van der Waals surface area contributed by atoms with E-state index in [-0.39, 0.29) is 17.9 Å². The quantitative estimate of drug-likeness (QED) is 0.731. The fraction of sp³-hybridized carbons (Fsp3) is 0.923. The standard InChI is InChI=1S/C13H25NO4S/c1-2-9-19(17,18)10-8-14-7-3-4-12(11-14)5-6-13(15)16/h12H,2-11H2,1H3,(H,15,16). The summed E-state index contributed by atoms with van der Waals surface area (Å²) in [4.78, 5) is 12.7. The second-order valence-corrected chi connectivity index (χ2v) is 7.70. The summed E-state index contributed by atoms with van der Waals surface area (Å²) in [6.45, 7) is 4.24. The number of piperidine rings is 1. The molecule has 1 aliphatic heterocycles. The molecule has 0 spiro atoms. The van der Waals surface area contributed by atoms with Crippen LogP contribution in [0, 0.1) is 5.92 Å². The smallest absolute Gasteiger partial charge is 0.303 e. The normalized spacial score (nSPS) is 21.4. The van der Waals surface area contributed by atoms with Gasteiger partial charge in [0.05, 0.1) is 5.75 Å². The van der Waals surface area contributed by atoms with Crippen molar-refractivity contribution >= 4 is 15.8 Å². The van der Waals surface area contributed by atoms with Gasteiger partial charge in [-0.05, 0) is 38.1 Å². The van der Waals surface area contributed by atoms with Gasteiger partial charge < -0.3 is 10.0 Å². The Morgan fingerprint density at radius 1 is 1.37 bits per heavy atom. The highest BCUT2D eigenvalue weighted by Gasteiger charge is 2.21. The minimum atomic E-state index is -2.91. The molecule has 1 heterocycles. The van der Waals surface area contributed by atoms with Gasteiger partial charge >= 0.3 is 5.97 Å². The van der Waals surface area contributed by atoms with Crippen LogP contribution in [0.1, 0.15) is 39.0 Å². The molecule has 1 atom stereocenters. The van der Waals surface area contributed by atoms with Crippen molar-refractivity contribution in [2.24, 2.45) is 5.92 Å². The van der Waals surface area contributed by atoms with E-state index in [2.05, 4.69) is 4.90 Å². The van der Waals surface area contributed by atoms with Crippen molar-refractivity contribution < 1.29 is 18.3 Å². The molecule has 1 aliphatic rings. The summed E-state index contributed by atoms with van der Waals surface area (Å²) in [5.41, 5.74) is 0. The Labute approximate surface area is 115 Å². The molecule has 5 nitrogen and oxygen atoms in total. The predicted molar refractivity (Wildman–Crippen MR) is 75.0 cm³/mol. The van der Waals surface area contributed by atoms with Crippen LogP contribution >= 0.6 is 0 Å². The molecule has 0 aliphatic carbocycles. The fourth-order valence-electron chi connectivity index (χ4n) is 2.60. The number of sulfone groups is 1. The van der Waals surface area contributed by atoms with Crippen LogP contribution < -0.4 is 0 Å². The fourth-order valence-corrected chi connectivity index (χ4v) is 3.96. The molecule has 0 saturated carbocycles. The third-order valence-electron chi connectivity index (χ3n) is 3.60.